The minimum Gasteiger partial charge on any atom is -0.491 e. The number of likely N-dealkylation sites (N-methyl/N-ethyl adjacent to an activating group) is 1. The molecule has 0 aliphatic carbocycles. The van der Waals surface area contributed by atoms with Crippen LogP contribution in [0.25, 0.3) is 0 Å². The van der Waals surface area contributed by atoms with Gasteiger partial charge in [0.1, 0.15) is 18.2 Å². The number of carbonyl (C=O) groups excluding carboxylic acids is 2. The molecule has 0 atom stereocenters. The molecule has 11 heteroatoms. The third-order valence-corrected chi connectivity index (χ3v) is 5.96. The second-order valence-corrected chi connectivity index (χ2v) is 10.1. The van der Waals surface area contributed by atoms with Crippen molar-refractivity contribution >= 4 is 33.2 Å². The zero-order chi connectivity index (χ0) is 25.6. The molecule has 0 aliphatic rings. The maximum atomic E-state index is 13.1. The van der Waals surface area contributed by atoms with Gasteiger partial charge in [-0.3, -0.25) is 9.59 Å². The van der Waals surface area contributed by atoms with E-state index in [0.29, 0.717) is 12.4 Å². The van der Waals surface area contributed by atoms with Crippen molar-refractivity contribution in [3.05, 3.63) is 71.7 Å². The molecule has 3 aromatic rings. The van der Waals surface area contributed by atoms with Crippen LogP contribution in [0.3, 0.4) is 0 Å². The normalized spacial score (nSPS) is 11.2. The number of hydrogen-bond acceptors (Lipinski definition) is 8. The first-order valence-electron chi connectivity index (χ1n) is 10.7. The molecule has 2 amide bonds. The van der Waals surface area contributed by atoms with Gasteiger partial charge in [-0.1, -0.05) is 6.07 Å². The van der Waals surface area contributed by atoms with Crippen LogP contribution in [0.4, 0.5) is 11.5 Å². The Kier molecular flexibility index (Phi) is 8.15. The van der Waals surface area contributed by atoms with Crippen LogP contribution in [0.5, 0.6) is 5.75 Å². The molecule has 35 heavy (non-hydrogen) atoms. The van der Waals surface area contributed by atoms with Crippen molar-refractivity contribution in [1.82, 2.24) is 14.9 Å². The highest BCUT2D eigenvalue weighted by Crippen LogP contribution is 2.25. The number of amides is 2. The van der Waals surface area contributed by atoms with E-state index in [-0.39, 0.29) is 34.2 Å². The Bertz CT molecular complexity index is 1320. The molecule has 0 spiro atoms. The average molecular weight is 498 g/mol. The molecule has 0 radical (unpaired) electrons. The van der Waals surface area contributed by atoms with Gasteiger partial charge in [-0.25, -0.2) is 18.4 Å². The van der Waals surface area contributed by atoms with E-state index in [1.54, 1.807) is 24.4 Å². The number of nitrogens with zero attached hydrogens (tertiary/aromatic N) is 3. The number of pyridine rings is 2. The summed E-state index contributed by atoms with van der Waals surface area (Å²) in [4.78, 5) is 36.1. The summed E-state index contributed by atoms with van der Waals surface area (Å²) in [6.45, 7) is 2.68. The molecule has 0 saturated heterocycles. The van der Waals surface area contributed by atoms with E-state index in [1.165, 1.54) is 24.4 Å². The van der Waals surface area contributed by atoms with E-state index in [0.717, 1.165) is 11.8 Å². The molecule has 0 bridgehead atoms. The number of rotatable bonds is 9. The van der Waals surface area contributed by atoms with Gasteiger partial charge < -0.3 is 20.3 Å². The zero-order valence-electron chi connectivity index (χ0n) is 19.9. The highest BCUT2D eigenvalue weighted by molar-refractivity contribution is 7.90. The lowest BCUT2D eigenvalue weighted by molar-refractivity contribution is 0.102. The average Bonchev–Trinajstić information content (AvgIpc) is 2.80. The summed E-state index contributed by atoms with van der Waals surface area (Å²) in [5.74, 6) is -0.671. The van der Waals surface area contributed by atoms with Crippen molar-refractivity contribution in [2.45, 2.75) is 11.8 Å². The predicted octanol–water partition coefficient (Wildman–Crippen LogP) is 2.63. The summed E-state index contributed by atoms with van der Waals surface area (Å²) in [7, 11) is 0.223. The summed E-state index contributed by atoms with van der Waals surface area (Å²) >= 11 is 0. The highest BCUT2D eigenvalue weighted by Gasteiger charge is 2.20. The van der Waals surface area contributed by atoms with Crippen LogP contribution in [-0.4, -0.2) is 68.6 Å². The topological polar surface area (TPSA) is 131 Å². The van der Waals surface area contributed by atoms with Crippen LogP contribution in [0, 0.1) is 6.92 Å². The Morgan fingerprint density at radius 3 is 2.46 bits per heavy atom. The minimum atomic E-state index is -3.51. The largest absolute Gasteiger partial charge is 0.491 e. The lowest BCUT2D eigenvalue weighted by atomic mass is 10.1. The molecule has 0 aliphatic heterocycles. The quantitative estimate of drug-likeness (QED) is 0.461. The van der Waals surface area contributed by atoms with Gasteiger partial charge in [-0.05, 0) is 63.0 Å². The SMILES string of the molecule is Cc1ccc(NC(=O)c2ncccc2NC(=O)c2ccc(S(C)(=O)=O)cc2OCCN(C)C)nc1. The van der Waals surface area contributed by atoms with Gasteiger partial charge in [0.2, 0.25) is 0 Å². The summed E-state index contributed by atoms with van der Waals surface area (Å²) in [5, 5.41) is 5.33. The molecule has 0 unspecified atom stereocenters. The minimum absolute atomic E-state index is 0.00828. The summed E-state index contributed by atoms with van der Waals surface area (Å²) in [5.41, 5.74) is 1.23. The highest BCUT2D eigenvalue weighted by atomic mass is 32.2. The lowest BCUT2D eigenvalue weighted by Gasteiger charge is -2.16. The summed E-state index contributed by atoms with van der Waals surface area (Å²) < 4.78 is 29.7. The lowest BCUT2D eigenvalue weighted by Crippen LogP contribution is -2.22. The van der Waals surface area contributed by atoms with Crippen LogP contribution in [0.15, 0.2) is 59.8 Å². The van der Waals surface area contributed by atoms with Crippen LogP contribution < -0.4 is 15.4 Å². The summed E-state index contributed by atoms with van der Waals surface area (Å²) in [6.07, 6.45) is 4.13. The van der Waals surface area contributed by atoms with Crippen molar-refractivity contribution in [1.29, 1.82) is 0 Å². The first-order chi connectivity index (χ1) is 16.5. The van der Waals surface area contributed by atoms with Gasteiger partial charge in [0.25, 0.3) is 11.8 Å². The van der Waals surface area contributed by atoms with Crippen LogP contribution in [0.1, 0.15) is 26.4 Å². The molecule has 2 heterocycles. The van der Waals surface area contributed by atoms with Crippen LogP contribution in [-0.2, 0) is 9.84 Å². The number of hydrogen-bond donors (Lipinski definition) is 2. The second kappa shape index (κ2) is 11.1. The number of benzene rings is 1. The maximum absolute atomic E-state index is 13.1. The number of ether oxygens (including phenoxy) is 1. The van der Waals surface area contributed by atoms with E-state index < -0.39 is 21.7 Å². The Balaban J connectivity index is 1.86. The molecule has 10 nitrogen and oxygen atoms in total. The van der Waals surface area contributed by atoms with E-state index >= 15 is 0 Å². The number of anilines is 2. The fourth-order valence-corrected chi connectivity index (χ4v) is 3.61. The Hall–Kier alpha value is -3.83. The summed E-state index contributed by atoms with van der Waals surface area (Å²) in [6, 6.07) is 10.6. The molecule has 2 N–H and O–H groups in total. The third kappa shape index (κ3) is 7.08. The van der Waals surface area contributed by atoms with Crippen molar-refractivity contribution in [2.24, 2.45) is 0 Å². The Morgan fingerprint density at radius 2 is 1.80 bits per heavy atom. The third-order valence-electron chi connectivity index (χ3n) is 4.85. The first kappa shape index (κ1) is 25.8. The van der Waals surface area contributed by atoms with Gasteiger partial charge in [0, 0.05) is 25.2 Å². The standard InChI is InChI=1S/C24H27N5O5S/c1-16-7-10-21(26-15-16)28-24(31)22-19(6-5-11-25-22)27-23(30)18-9-8-17(35(4,32)33)14-20(18)34-13-12-29(2)3/h5-11,14-15H,12-13H2,1-4H3,(H,27,30)(H,26,28,31). The molecule has 2 aromatic heterocycles. The zero-order valence-corrected chi connectivity index (χ0v) is 20.7. The smallest absolute Gasteiger partial charge is 0.277 e. The Labute approximate surface area is 204 Å². The van der Waals surface area contributed by atoms with Crippen molar-refractivity contribution in [3.63, 3.8) is 0 Å². The van der Waals surface area contributed by atoms with E-state index in [9.17, 15) is 18.0 Å². The predicted molar refractivity (Wildman–Crippen MR) is 133 cm³/mol. The van der Waals surface area contributed by atoms with E-state index in [4.69, 9.17) is 4.74 Å². The number of aryl methyl sites for hydroxylation is 1. The van der Waals surface area contributed by atoms with Gasteiger partial charge >= 0.3 is 0 Å². The number of sulfone groups is 1. The van der Waals surface area contributed by atoms with E-state index in [1.807, 2.05) is 32.0 Å². The second-order valence-electron chi connectivity index (χ2n) is 8.11. The number of nitrogens with one attached hydrogen (secondary N) is 2. The van der Waals surface area contributed by atoms with Gasteiger partial charge in [0.15, 0.2) is 15.5 Å². The molecule has 184 valence electrons. The molecular weight excluding hydrogens is 470 g/mol. The van der Waals surface area contributed by atoms with Gasteiger partial charge in [-0.15, -0.1) is 0 Å². The first-order valence-corrected chi connectivity index (χ1v) is 12.6. The van der Waals surface area contributed by atoms with Gasteiger partial charge in [0.05, 0.1) is 16.1 Å². The van der Waals surface area contributed by atoms with E-state index in [2.05, 4.69) is 20.6 Å². The maximum Gasteiger partial charge on any atom is 0.277 e. The van der Waals surface area contributed by atoms with Crippen molar-refractivity contribution in [2.75, 3.05) is 44.1 Å². The molecule has 3 rings (SSSR count). The van der Waals surface area contributed by atoms with Crippen LogP contribution >= 0.6 is 0 Å². The van der Waals surface area contributed by atoms with Crippen molar-refractivity contribution in [3.8, 4) is 5.75 Å². The monoisotopic (exact) mass is 497 g/mol. The number of aromatic nitrogens is 2. The molecular formula is C24H27N5O5S. The van der Waals surface area contributed by atoms with Crippen molar-refractivity contribution < 1.29 is 22.7 Å². The molecule has 0 saturated carbocycles. The molecule has 1 aromatic carbocycles. The van der Waals surface area contributed by atoms with Gasteiger partial charge in [-0.2, -0.15) is 0 Å². The molecule has 0 fully saturated rings. The Morgan fingerprint density at radius 1 is 1.03 bits per heavy atom. The fraction of sp³-hybridized carbons (Fsp3) is 0.250. The van der Waals surface area contributed by atoms with Crippen LogP contribution in [0.2, 0.25) is 0 Å². The number of carbonyl (C=O) groups is 2. The fourth-order valence-electron chi connectivity index (χ4n) is 2.97.